The van der Waals surface area contributed by atoms with Crippen LogP contribution in [0, 0.1) is 0 Å². The lowest BCUT2D eigenvalue weighted by atomic mass is 10.1. The van der Waals surface area contributed by atoms with Crippen molar-refractivity contribution in [3.63, 3.8) is 0 Å². The normalized spacial score (nSPS) is 10.5. The second kappa shape index (κ2) is 11.8. The van der Waals surface area contributed by atoms with Gasteiger partial charge in [0.2, 0.25) is 0 Å². The quantitative estimate of drug-likeness (QED) is 0.447. The zero-order valence-corrected chi connectivity index (χ0v) is 17.0. The van der Waals surface area contributed by atoms with Gasteiger partial charge in [0.25, 0.3) is 0 Å². The van der Waals surface area contributed by atoms with Gasteiger partial charge in [-0.2, -0.15) is 0 Å². The van der Waals surface area contributed by atoms with Crippen LogP contribution in [0.4, 0.5) is 0 Å². The van der Waals surface area contributed by atoms with Gasteiger partial charge in [-0.1, -0.05) is 54.6 Å². The van der Waals surface area contributed by atoms with E-state index in [2.05, 4.69) is 41.7 Å². The van der Waals surface area contributed by atoms with Gasteiger partial charge in [-0.05, 0) is 54.8 Å². The Balaban J connectivity index is 1.38. The number of nitrogens with one attached hydrogen (secondary N) is 1. The van der Waals surface area contributed by atoms with Crippen LogP contribution in [-0.2, 0) is 13.0 Å². The van der Waals surface area contributed by atoms with Crippen molar-refractivity contribution in [2.24, 2.45) is 0 Å². The Morgan fingerprint density at radius 2 is 1.45 bits per heavy atom. The number of para-hydroxylation sites is 1. The first-order valence-electron chi connectivity index (χ1n) is 10.1. The van der Waals surface area contributed by atoms with Gasteiger partial charge < -0.3 is 19.5 Å². The molecule has 0 aliphatic heterocycles. The molecule has 0 aliphatic carbocycles. The molecule has 0 bridgehead atoms. The van der Waals surface area contributed by atoms with E-state index in [1.165, 1.54) is 11.1 Å². The fraction of sp³-hybridized carbons (Fsp3) is 0.280. The minimum absolute atomic E-state index is 0.461. The van der Waals surface area contributed by atoms with E-state index in [1.54, 1.807) is 7.11 Å². The highest BCUT2D eigenvalue weighted by molar-refractivity contribution is 5.43. The molecule has 152 valence electrons. The summed E-state index contributed by atoms with van der Waals surface area (Å²) in [7, 11) is 1.67. The Labute approximate surface area is 173 Å². The van der Waals surface area contributed by atoms with Gasteiger partial charge in [0.05, 0.1) is 7.11 Å². The minimum atomic E-state index is 0.461. The summed E-state index contributed by atoms with van der Waals surface area (Å²) in [6.07, 6.45) is 2.21. The van der Waals surface area contributed by atoms with Crippen LogP contribution < -0.4 is 19.5 Å². The lowest BCUT2D eigenvalue weighted by molar-refractivity contribution is 0.211. The van der Waals surface area contributed by atoms with Gasteiger partial charge in [0, 0.05) is 6.54 Å². The van der Waals surface area contributed by atoms with Crippen molar-refractivity contribution >= 4 is 0 Å². The van der Waals surface area contributed by atoms with Crippen LogP contribution >= 0.6 is 0 Å². The molecule has 0 aliphatic rings. The van der Waals surface area contributed by atoms with Crippen LogP contribution in [0.5, 0.6) is 17.2 Å². The number of benzene rings is 3. The fourth-order valence-electron chi connectivity index (χ4n) is 3.06. The highest BCUT2D eigenvalue weighted by Crippen LogP contribution is 2.28. The molecule has 0 fully saturated rings. The zero-order chi connectivity index (χ0) is 20.2. The smallest absolute Gasteiger partial charge is 0.161 e. The Morgan fingerprint density at radius 3 is 2.21 bits per heavy atom. The number of methoxy groups -OCH3 is 1. The van der Waals surface area contributed by atoms with Crippen molar-refractivity contribution in [3.05, 3.63) is 90.0 Å². The first kappa shape index (κ1) is 20.7. The van der Waals surface area contributed by atoms with Gasteiger partial charge in [-0.25, -0.2) is 0 Å². The molecule has 1 N–H and O–H groups in total. The average molecular weight is 392 g/mol. The first-order valence-corrected chi connectivity index (χ1v) is 10.1. The third-order valence-electron chi connectivity index (χ3n) is 4.57. The molecule has 0 saturated carbocycles. The molecule has 3 aromatic rings. The van der Waals surface area contributed by atoms with E-state index < -0.39 is 0 Å². The van der Waals surface area contributed by atoms with Gasteiger partial charge in [0.1, 0.15) is 19.0 Å². The second-order valence-corrected chi connectivity index (χ2v) is 6.76. The molecule has 0 heterocycles. The number of rotatable bonds is 12. The highest BCUT2D eigenvalue weighted by Gasteiger charge is 2.06. The predicted molar refractivity (Wildman–Crippen MR) is 117 cm³/mol. The standard InChI is InChI=1S/C25H29NO3/c1-27-25-19-22(20-26-16-8-11-21-9-4-2-5-10-21)14-15-24(25)29-18-17-28-23-12-6-3-7-13-23/h2-7,9-10,12-15,19,26H,8,11,16-18,20H2,1H3. The molecule has 0 aromatic heterocycles. The zero-order valence-electron chi connectivity index (χ0n) is 17.0. The molecule has 0 amide bonds. The number of aryl methyl sites for hydroxylation is 1. The van der Waals surface area contributed by atoms with E-state index in [0.717, 1.165) is 43.2 Å². The van der Waals surface area contributed by atoms with Crippen LogP contribution in [0.25, 0.3) is 0 Å². The van der Waals surface area contributed by atoms with Crippen LogP contribution in [0.3, 0.4) is 0 Å². The maximum absolute atomic E-state index is 5.83. The van der Waals surface area contributed by atoms with E-state index in [4.69, 9.17) is 14.2 Å². The predicted octanol–water partition coefficient (Wildman–Crippen LogP) is 4.88. The topological polar surface area (TPSA) is 39.7 Å². The largest absolute Gasteiger partial charge is 0.493 e. The Kier molecular flexibility index (Phi) is 8.42. The van der Waals surface area contributed by atoms with E-state index in [0.29, 0.717) is 13.2 Å². The molecule has 0 atom stereocenters. The molecular formula is C25H29NO3. The van der Waals surface area contributed by atoms with Crippen molar-refractivity contribution in [1.29, 1.82) is 0 Å². The van der Waals surface area contributed by atoms with Crippen molar-refractivity contribution in [3.8, 4) is 17.2 Å². The third-order valence-corrected chi connectivity index (χ3v) is 4.57. The molecule has 3 rings (SSSR count). The van der Waals surface area contributed by atoms with E-state index in [9.17, 15) is 0 Å². The minimum Gasteiger partial charge on any atom is -0.493 e. The summed E-state index contributed by atoms with van der Waals surface area (Å²) in [6.45, 7) is 2.73. The molecule has 4 heteroatoms. The third kappa shape index (κ3) is 7.16. The van der Waals surface area contributed by atoms with E-state index in [-0.39, 0.29) is 0 Å². The molecular weight excluding hydrogens is 362 g/mol. The van der Waals surface area contributed by atoms with Gasteiger partial charge >= 0.3 is 0 Å². The van der Waals surface area contributed by atoms with Crippen molar-refractivity contribution in [1.82, 2.24) is 5.32 Å². The molecule has 3 aromatic carbocycles. The summed E-state index contributed by atoms with van der Waals surface area (Å²) >= 11 is 0. The average Bonchev–Trinajstić information content (AvgIpc) is 2.78. The van der Waals surface area contributed by atoms with Crippen molar-refractivity contribution < 1.29 is 14.2 Å². The number of hydrogen-bond donors (Lipinski definition) is 1. The van der Waals surface area contributed by atoms with Crippen molar-refractivity contribution in [2.75, 3.05) is 26.9 Å². The Morgan fingerprint density at radius 1 is 0.724 bits per heavy atom. The lowest BCUT2D eigenvalue weighted by Gasteiger charge is -2.13. The second-order valence-electron chi connectivity index (χ2n) is 6.76. The SMILES string of the molecule is COc1cc(CNCCCc2ccccc2)ccc1OCCOc1ccccc1. The molecule has 29 heavy (non-hydrogen) atoms. The maximum atomic E-state index is 5.83. The summed E-state index contributed by atoms with van der Waals surface area (Å²) in [5.74, 6) is 2.32. The van der Waals surface area contributed by atoms with Gasteiger partial charge in [-0.15, -0.1) is 0 Å². The van der Waals surface area contributed by atoms with Gasteiger partial charge in [0.15, 0.2) is 11.5 Å². The van der Waals surface area contributed by atoms with Crippen molar-refractivity contribution in [2.45, 2.75) is 19.4 Å². The lowest BCUT2D eigenvalue weighted by Crippen LogP contribution is -2.15. The molecule has 0 unspecified atom stereocenters. The number of ether oxygens (including phenoxy) is 3. The Hall–Kier alpha value is -2.98. The van der Waals surface area contributed by atoms with E-state index >= 15 is 0 Å². The first-order chi connectivity index (χ1) is 14.3. The maximum Gasteiger partial charge on any atom is 0.161 e. The van der Waals surface area contributed by atoms with Gasteiger partial charge in [-0.3, -0.25) is 0 Å². The number of hydrogen-bond acceptors (Lipinski definition) is 4. The monoisotopic (exact) mass is 391 g/mol. The Bertz CT molecular complexity index is 837. The summed E-state index contributed by atoms with van der Waals surface area (Å²) in [4.78, 5) is 0. The van der Waals surface area contributed by atoms with Crippen LogP contribution in [-0.4, -0.2) is 26.9 Å². The van der Waals surface area contributed by atoms with Crippen LogP contribution in [0.2, 0.25) is 0 Å². The van der Waals surface area contributed by atoms with E-state index in [1.807, 2.05) is 42.5 Å². The molecule has 0 radical (unpaired) electrons. The van der Waals surface area contributed by atoms with Crippen LogP contribution in [0.15, 0.2) is 78.9 Å². The molecule has 0 saturated heterocycles. The molecule has 0 spiro atoms. The van der Waals surface area contributed by atoms with Crippen LogP contribution in [0.1, 0.15) is 17.5 Å². The fourth-order valence-corrected chi connectivity index (χ4v) is 3.06. The summed E-state index contributed by atoms with van der Waals surface area (Å²) in [6, 6.07) is 26.4. The summed E-state index contributed by atoms with van der Waals surface area (Å²) in [5.41, 5.74) is 2.56. The highest BCUT2D eigenvalue weighted by atomic mass is 16.5. The summed E-state index contributed by atoms with van der Waals surface area (Å²) < 4.78 is 17.0. The summed E-state index contributed by atoms with van der Waals surface area (Å²) in [5, 5.41) is 3.50. The molecule has 4 nitrogen and oxygen atoms in total.